The highest BCUT2D eigenvalue weighted by Gasteiger charge is 2.40. The Balaban J connectivity index is 1.75. The van der Waals surface area contributed by atoms with E-state index in [4.69, 9.17) is 4.74 Å². The minimum Gasteiger partial charge on any atom is -0.508 e. The van der Waals surface area contributed by atoms with E-state index in [0.717, 1.165) is 38.1 Å². The first-order valence-electron chi connectivity index (χ1n) is 8.88. The van der Waals surface area contributed by atoms with Gasteiger partial charge in [-0.3, -0.25) is 4.90 Å². The maximum Gasteiger partial charge on any atom is 0.149 e. The Labute approximate surface area is 144 Å². The van der Waals surface area contributed by atoms with Crippen LogP contribution in [0.1, 0.15) is 38.7 Å². The molecule has 3 heteroatoms. The van der Waals surface area contributed by atoms with E-state index >= 15 is 0 Å². The fraction of sp³-hybridized carbons (Fsp3) is 0.429. The van der Waals surface area contributed by atoms with Gasteiger partial charge in [-0.2, -0.15) is 0 Å². The molecule has 0 bridgehead atoms. The normalized spacial score (nSPS) is 22.4. The lowest BCUT2D eigenvalue weighted by Gasteiger charge is -2.32. The maximum atomic E-state index is 9.89. The van der Waals surface area contributed by atoms with Gasteiger partial charge in [0, 0.05) is 18.5 Å². The molecule has 1 saturated heterocycles. The van der Waals surface area contributed by atoms with Gasteiger partial charge in [-0.15, -0.1) is 0 Å². The van der Waals surface area contributed by atoms with Gasteiger partial charge in [0.2, 0.25) is 0 Å². The average molecular weight is 325 g/mol. The number of hydrogen-bond donors (Lipinski definition) is 1. The molecule has 1 aliphatic rings. The van der Waals surface area contributed by atoms with Crippen LogP contribution >= 0.6 is 0 Å². The largest absolute Gasteiger partial charge is 0.508 e. The molecule has 128 valence electrons. The van der Waals surface area contributed by atoms with Gasteiger partial charge < -0.3 is 9.84 Å². The number of nitrogens with zero attached hydrogens (tertiary/aromatic N) is 1. The van der Waals surface area contributed by atoms with Crippen LogP contribution in [-0.2, 0) is 5.41 Å². The lowest BCUT2D eigenvalue weighted by atomic mass is 9.76. The van der Waals surface area contributed by atoms with Crippen molar-refractivity contribution in [3.05, 3.63) is 60.2 Å². The summed E-state index contributed by atoms with van der Waals surface area (Å²) < 4.78 is 6.11. The fourth-order valence-corrected chi connectivity index (χ4v) is 3.88. The molecule has 1 heterocycles. The molecular formula is C21H27NO2. The molecule has 0 aromatic heterocycles. The first-order chi connectivity index (χ1) is 11.6. The van der Waals surface area contributed by atoms with Gasteiger partial charge in [0.05, 0.1) is 0 Å². The molecule has 24 heavy (non-hydrogen) atoms. The van der Waals surface area contributed by atoms with Crippen molar-refractivity contribution in [3.8, 4) is 11.5 Å². The summed E-state index contributed by atoms with van der Waals surface area (Å²) in [5, 5.41) is 9.89. The SMILES string of the molecule is CCCC1(c2cccc(O)c2)CCN(C(C)Oc2ccccc2)C1. The summed E-state index contributed by atoms with van der Waals surface area (Å²) in [6.07, 6.45) is 3.42. The van der Waals surface area contributed by atoms with Gasteiger partial charge in [-0.1, -0.05) is 43.7 Å². The fourth-order valence-electron chi connectivity index (χ4n) is 3.88. The molecule has 0 spiro atoms. The van der Waals surface area contributed by atoms with E-state index in [9.17, 15) is 5.11 Å². The van der Waals surface area contributed by atoms with Crippen LogP contribution in [0.2, 0.25) is 0 Å². The smallest absolute Gasteiger partial charge is 0.149 e. The molecule has 3 nitrogen and oxygen atoms in total. The van der Waals surface area contributed by atoms with Crippen LogP contribution in [0.3, 0.4) is 0 Å². The van der Waals surface area contributed by atoms with Crippen LogP contribution in [0.4, 0.5) is 0 Å². The third-order valence-electron chi connectivity index (χ3n) is 5.13. The van der Waals surface area contributed by atoms with E-state index < -0.39 is 0 Å². The molecule has 0 saturated carbocycles. The van der Waals surface area contributed by atoms with Crippen LogP contribution in [0, 0.1) is 0 Å². The molecule has 0 aliphatic carbocycles. The Bertz CT molecular complexity index is 658. The first-order valence-corrected chi connectivity index (χ1v) is 8.88. The van der Waals surface area contributed by atoms with Gasteiger partial charge in [-0.25, -0.2) is 0 Å². The lowest BCUT2D eigenvalue weighted by molar-refractivity contribution is 0.0536. The highest BCUT2D eigenvalue weighted by Crippen LogP contribution is 2.40. The van der Waals surface area contributed by atoms with Crippen molar-refractivity contribution < 1.29 is 9.84 Å². The summed E-state index contributed by atoms with van der Waals surface area (Å²) in [4.78, 5) is 2.41. The summed E-state index contributed by atoms with van der Waals surface area (Å²) in [5.41, 5.74) is 1.36. The molecule has 0 amide bonds. The van der Waals surface area contributed by atoms with Crippen LogP contribution in [0.25, 0.3) is 0 Å². The van der Waals surface area contributed by atoms with E-state index in [0.29, 0.717) is 5.75 Å². The van der Waals surface area contributed by atoms with Crippen molar-refractivity contribution in [1.29, 1.82) is 0 Å². The second-order valence-electron chi connectivity index (χ2n) is 6.83. The number of hydrogen-bond acceptors (Lipinski definition) is 3. The van der Waals surface area contributed by atoms with Crippen molar-refractivity contribution >= 4 is 0 Å². The van der Waals surface area contributed by atoms with Crippen molar-refractivity contribution in [2.45, 2.75) is 44.8 Å². The molecule has 1 N–H and O–H groups in total. The number of phenolic OH excluding ortho intramolecular Hbond substituents is 1. The monoisotopic (exact) mass is 325 g/mol. The Kier molecular flexibility index (Phi) is 5.10. The Morgan fingerprint density at radius 3 is 2.67 bits per heavy atom. The zero-order chi connectivity index (χ0) is 17.0. The van der Waals surface area contributed by atoms with Crippen molar-refractivity contribution in [2.75, 3.05) is 13.1 Å². The number of rotatable bonds is 6. The zero-order valence-electron chi connectivity index (χ0n) is 14.6. The summed E-state index contributed by atoms with van der Waals surface area (Å²) in [7, 11) is 0. The van der Waals surface area contributed by atoms with Gasteiger partial charge in [-0.05, 0) is 49.6 Å². The van der Waals surface area contributed by atoms with Crippen LogP contribution in [0.5, 0.6) is 11.5 Å². The highest BCUT2D eigenvalue weighted by atomic mass is 16.5. The highest BCUT2D eigenvalue weighted by molar-refractivity contribution is 5.34. The molecule has 2 atom stereocenters. The second-order valence-corrected chi connectivity index (χ2v) is 6.83. The lowest BCUT2D eigenvalue weighted by Crippen LogP contribution is -2.38. The van der Waals surface area contributed by atoms with Crippen molar-refractivity contribution in [1.82, 2.24) is 4.90 Å². The summed E-state index contributed by atoms with van der Waals surface area (Å²) in [5.74, 6) is 1.27. The van der Waals surface area contributed by atoms with Gasteiger partial charge in [0.25, 0.3) is 0 Å². The number of benzene rings is 2. The van der Waals surface area contributed by atoms with E-state index in [-0.39, 0.29) is 11.6 Å². The number of para-hydroxylation sites is 1. The van der Waals surface area contributed by atoms with E-state index in [1.807, 2.05) is 42.5 Å². The van der Waals surface area contributed by atoms with Gasteiger partial charge in [0.15, 0.2) is 0 Å². The predicted molar refractivity (Wildman–Crippen MR) is 97.4 cm³/mol. The molecule has 1 aliphatic heterocycles. The summed E-state index contributed by atoms with van der Waals surface area (Å²) >= 11 is 0. The molecule has 0 radical (unpaired) electrons. The third kappa shape index (κ3) is 3.57. The van der Waals surface area contributed by atoms with Gasteiger partial charge in [0.1, 0.15) is 17.7 Å². The van der Waals surface area contributed by atoms with Gasteiger partial charge >= 0.3 is 0 Å². The first kappa shape index (κ1) is 16.8. The summed E-state index contributed by atoms with van der Waals surface area (Å²) in [6, 6.07) is 17.8. The molecule has 3 rings (SSSR count). The van der Waals surface area contributed by atoms with Crippen LogP contribution in [-0.4, -0.2) is 29.3 Å². The minimum absolute atomic E-state index is 0.0449. The minimum atomic E-state index is 0.0449. The van der Waals surface area contributed by atoms with Crippen molar-refractivity contribution in [3.63, 3.8) is 0 Å². The zero-order valence-corrected chi connectivity index (χ0v) is 14.6. The summed E-state index contributed by atoms with van der Waals surface area (Å²) in [6.45, 7) is 6.34. The molecule has 2 aromatic carbocycles. The Morgan fingerprint density at radius 2 is 1.96 bits per heavy atom. The van der Waals surface area contributed by atoms with E-state index in [2.05, 4.69) is 24.8 Å². The Morgan fingerprint density at radius 1 is 1.17 bits per heavy atom. The predicted octanol–water partition coefficient (Wildman–Crippen LogP) is 4.56. The quantitative estimate of drug-likeness (QED) is 0.845. The van der Waals surface area contributed by atoms with E-state index in [1.165, 1.54) is 5.56 Å². The van der Waals surface area contributed by atoms with Crippen molar-refractivity contribution in [2.24, 2.45) is 0 Å². The second kappa shape index (κ2) is 7.27. The molecule has 2 unspecified atom stereocenters. The molecular weight excluding hydrogens is 298 g/mol. The topological polar surface area (TPSA) is 32.7 Å². The average Bonchev–Trinajstić information content (AvgIpc) is 3.02. The maximum absolute atomic E-state index is 9.89. The molecule has 2 aromatic rings. The Hall–Kier alpha value is -2.00. The standard InChI is InChI=1S/C21H27NO2/c1-3-12-21(18-8-7-9-19(23)15-18)13-14-22(16-21)17(2)24-20-10-5-4-6-11-20/h4-11,15,17,23H,3,12-14,16H2,1-2H3. The number of ether oxygens (including phenoxy) is 1. The number of likely N-dealkylation sites (tertiary alicyclic amines) is 1. The third-order valence-corrected chi connectivity index (χ3v) is 5.13. The number of aromatic hydroxyl groups is 1. The van der Waals surface area contributed by atoms with Crippen LogP contribution in [0.15, 0.2) is 54.6 Å². The number of phenols is 1. The van der Waals surface area contributed by atoms with Crippen LogP contribution < -0.4 is 4.74 Å². The van der Waals surface area contributed by atoms with E-state index in [1.54, 1.807) is 6.07 Å². The molecule has 1 fully saturated rings.